The molecule has 0 saturated carbocycles. The highest BCUT2D eigenvalue weighted by atomic mass is 16.4. The lowest BCUT2D eigenvalue weighted by Crippen LogP contribution is -2.53. The number of imide groups is 1. The van der Waals surface area contributed by atoms with E-state index in [0.717, 1.165) is 10.5 Å². The number of benzene rings is 3. The van der Waals surface area contributed by atoms with Gasteiger partial charge in [-0.1, -0.05) is 74.5 Å². The lowest BCUT2D eigenvalue weighted by Gasteiger charge is -2.32. The number of hydrogen-bond donors (Lipinski definition) is 4. The minimum absolute atomic E-state index is 0.0492. The van der Waals surface area contributed by atoms with E-state index in [0.29, 0.717) is 22.5 Å². The minimum atomic E-state index is -1.43. The highest BCUT2D eigenvalue weighted by Crippen LogP contribution is 2.40. The second-order valence-electron chi connectivity index (χ2n) is 12.2. The Kier molecular flexibility index (Phi) is 10.5. The molecule has 11 heteroatoms. The first-order valence-corrected chi connectivity index (χ1v) is 15.3. The van der Waals surface area contributed by atoms with Crippen molar-refractivity contribution >= 4 is 41.2 Å². The number of hydrogen-bond acceptors (Lipinski definition) is 5. The molecule has 1 heterocycles. The van der Waals surface area contributed by atoms with Crippen molar-refractivity contribution in [2.45, 2.75) is 71.6 Å². The fourth-order valence-electron chi connectivity index (χ4n) is 5.60. The lowest BCUT2D eigenvalue weighted by atomic mass is 9.89. The summed E-state index contributed by atoms with van der Waals surface area (Å²) in [4.78, 5) is 68.3. The second-order valence-corrected chi connectivity index (χ2v) is 12.2. The monoisotopic (exact) mass is 627 g/mol. The number of nitrogens with one attached hydrogen (secondary N) is 3. The van der Waals surface area contributed by atoms with E-state index >= 15 is 0 Å². The Bertz CT molecular complexity index is 1590. The second kappa shape index (κ2) is 14.3. The Morgan fingerprint density at radius 2 is 1.50 bits per heavy atom. The maximum Gasteiger partial charge on any atom is 0.329 e. The van der Waals surface area contributed by atoms with Crippen LogP contribution in [0.5, 0.6) is 0 Å². The molecule has 3 aromatic rings. The molecule has 46 heavy (non-hydrogen) atoms. The SMILES string of the molecule is Cc1ccccc1NC(=O)Nc1ccc(CN2C(=O)N(C(CC(C)C)C(=O)N[C@H](C)CC(=O)O)C(=O)C2(C)c2ccccc2)cc1. The summed E-state index contributed by atoms with van der Waals surface area (Å²) >= 11 is 0. The van der Waals surface area contributed by atoms with Gasteiger partial charge in [0.2, 0.25) is 5.91 Å². The fourth-order valence-corrected chi connectivity index (χ4v) is 5.60. The van der Waals surface area contributed by atoms with Crippen LogP contribution in [-0.2, 0) is 26.5 Å². The summed E-state index contributed by atoms with van der Waals surface area (Å²) in [6.07, 6.45) is -0.0962. The number of amides is 6. The van der Waals surface area contributed by atoms with Gasteiger partial charge in [0.05, 0.1) is 6.42 Å². The third-order valence-electron chi connectivity index (χ3n) is 8.07. The summed E-state index contributed by atoms with van der Waals surface area (Å²) < 4.78 is 0. The normalized spacial score (nSPS) is 17.5. The standard InChI is InChI=1S/C35H41N5O6/c1-22(2)19-29(31(43)36-24(4)20-30(41)42)40-32(44)35(5,26-12-7-6-8-13-26)39(34(40)46)21-25-15-17-27(18-16-25)37-33(45)38-28-14-10-9-11-23(28)3/h6-18,22,24,29H,19-21H2,1-5H3,(H,36,43)(H,41,42)(H2,37,38,45)/t24-,29?,35?/m1/s1. The number of carbonyl (C=O) groups is 5. The quantitative estimate of drug-likeness (QED) is 0.189. The molecule has 0 spiro atoms. The van der Waals surface area contributed by atoms with Crippen molar-refractivity contribution in [1.82, 2.24) is 15.1 Å². The average Bonchev–Trinajstić information content (AvgIpc) is 3.18. The van der Waals surface area contributed by atoms with Gasteiger partial charge in [0.15, 0.2) is 0 Å². The summed E-state index contributed by atoms with van der Waals surface area (Å²) in [6, 6.07) is 20.5. The van der Waals surface area contributed by atoms with E-state index in [1.54, 1.807) is 62.4 Å². The van der Waals surface area contributed by atoms with E-state index in [2.05, 4.69) is 16.0 Å². The van der Waals surface area contributed by atoms with E-state index < -0.39 is 47.5 Å². The largest absolute Gasteiger partial charge is 0.481 e. The Labute approximate surface area is 269 Å². The third-order valence-corrected chi connectivity index (χ3v) is 8.07. The lowest BCUT2D eigenvalue weighted by molar-refractivity contribution is -0.141. The van der Waals surface area contributed by atoms with Crippen molar-refractivity contribution in [3.05, 3.63) is 95.6 Å². The van der Waals surface area contributed by atoms with Crippen LogP contribution in [-0.4, -0.2) is 56.8 Å². The number of aliphatic carboxylic acids is 1. The first kappa shape index (κ1) is 33.7. The zero-order valence-corrected chi connectivity index (χ0v) is 26.7. The van der Waals surface area contributed by atoms with Crippen LogP contribution in [0.4, 0.5) is 21.0 Å². The molecule has 1 saturated heterocycles. The molecule has 1 aliphatic heterocycles. The van der Waals surface area contributed by atoms with Crippen LogP contribution in [0.25, 0.3) is 0 Å². The molecule has 1 fully saturated rings. The van der Waals surface area contributed by atoms with Crippen LogP contribution in [0.1, 0.15) is 57.2 Å². The van der Waals surface area contributed by atoms with Gasteiger partial charge >= 0.3 is 18.0 Å². The van der Waals surface area contributed by atoms with Crippen LogP contribution in [0.15, 0.2) is 78.9 Å². The number of para-hydroxylation sites is 1. The number of carboxylic acid groups (broad SMARTS) is 1. The van der Waals surface area contributed by atoms with Crippen molar-refractivity contribution in [2.24, 2.45) is 5.92 Å². The Morgan fingerprint density at radius 1 is 0.870 bits per heavy atom. The topological polar surface area (TPSA) is 148 Å². The van der Waals surface area contributed by atoms with E-state index in [9.17, 15) is 29.1 Å². The van der Waals surface area contributed by atoms with Crippen molar-refractivity contribution < 1.29 is 29.1 Å². The number of aryl methyl sites for hydroxylation is 1. The number of urea groups is 2. The summed E-state index contributed by atoms with van der Waals surface area (Å²) in [5, 5.41) is 17.5. The molecular weight excluding hydrogens is 586 g/mol. The van der Waals surface area contributed by atoms with Gasteiger partial charge in [-0.15, -0.1) is 0 Å². The molecule has 0 bridgehead atoms. The fraction of sp³-hybridized carbons (Fsp3) is 0.343. The molecule has 11 nitrogen and oxygen atoms in total. The zero-order chi connectivity index (χ0) is 33.6. The van der Waals surface area contributed by atoms with Gasteiger partial charge in [0.25, 0.3) is 5.91 Å². The molecule has 0 radical (unpaired) electrons. The van der Waals surface area contributed by atoms with Crippen molar-refractivity contribution in [3.63, 3.8) is 0 Å². The minimum Gasteiger partial charge on any atom is -0.481 e. The van der Waals surface area contributed by atoms with E-state index in [1.165, 1.54) is 4.90 Å². The van der Waals surface area contributed by atoms with Crippen LogP contribution >= 0.6 is 0 Å². The summed E-state index contributed by atoms with van der Waals surface area (Å²) in [7, 11) is 0. The number of carbonyl (C=O) groups excluding carboxylic acids is 4. The summed E-state index contributed by atoms with van der Waals surface area (Å²) in [6.45, 7) is 8.96. The summed E-state index contributed by atoms with van der Waals surface area (Å²) in [5.74, 6) is -2.24. The molecular formula is C35H41N5O6. The van der Waals surface area contributed by atoms with E-state index in [1.807, 2.05) is 51.1 Å². The Morgan fingerprint density at radius 3 is 2.11 bits per heavy atom. The smallest absolute Gasteiger partial charge is 0.329 e. The zero-order valence-electron chi connectivity index (χ0n) is 26.7. The summed E-state index contributed by atoms with van der Waals surface area (Å²) in [5.41, 5.74) is 2.02. The van der Waals surface area contributed by atoms with Gasteiger partial charge in [-0.3, -0.25) is 14.4 Å². The van der Waals surface area contributed by atoms with Crippen molar-refractivity contribution in [2.75, 3.05) is 10.6 Å². The van der Waals surface area contributed by atoms with E-state index in [4.69, 9.17) is 0 Å². The van der Waals surface area contributed by atoms with Crippen LogP contribution in [0, 0.1) is 12.8 Å². The maximum absolute atomic E-state index is 14.3. The molecule has 0 aliphatic carbocycles. The number of anilines is 2. The molecule has 242 valence electrons. The molecule has 3 aromatic carbocycles. The average molecular weight is 628 g/mol. The van der Waals surface area contributed by atoms with Crippen LogP contribution in [0.2, 0.25) is 0 Å². The van der Waals surface area contributed by atoms with E-state index in [-0.39, 0.29) is 25.3 Å². The van der Waals surface area contributed by atoms with Gasteiger partial charge in [0, 0.05) is 24.0 Å². The highest BCUT2D eigenvalue weighted by molar-refractivity contribution is 6.10. The van der Waals surface area contributed by atoms with Gasteiger partial charge in [-0.25, -0.2) is 14.5 Å². The molecule has 4 N–H and O–H groups in total. The molecule has 3 atom stereocenters. The van der Waals surface area contributed by atoms with Crippen LogP contribution in [0.3, 0.4) is 0 Å². The highest BCUT2D eigenvalue weighted by Gasteiger charge is 2.58. The van der Waals surface area contributed by atoms with Gasteiger partial charge in [0.1, 0.15) is 11.6 Å². The molecule has 2 unspecified atom stereocenters. The van der Waals surface area contributed by atoms with Gasteiger partial charge in [-0.05, 0) is 68.0 Å². The maximum atomic E-state index is 14.3. The Hall–Kier alpha value is -5.19. The predicted octanol–water partition coefficient (Wildman–Crippen LogP) is 5.71. The number of nitrogens with zero attached hydrogens (tertiary/aromatic N) is 2. The first-order valence-electron chi connectivity index (χ1n) is 15.3. The molecule has 1 aliphatic rings. The number of carboxylic acids is 1. The number of rotatable bonds is 12. The first-order chi connectivity index (χ1) is 21.8. The van der Waals surface area contributed by atoms with Crippen LogP contribution < -0.4 is 16.0 Å². The van der Waals surface area contributed by atoms with Crippen molar-refractivity contribution in [3.8, 4) is 0 Å². The van der Waals surface area contributed by atoms with Crippen molar-refractivity contribution in [1.29, 1.82) is 0 Å². The molecule has 4 rings (SSSR count). The van der Waals surface area contributed by atoms with Gasteiger partial charge in [-0.2, -0.15) is 0 Å². The third kappa shape index (κ3) is 7.53. The molecule has 6 amide bonds. The Balaban J connectivity index is 1.60. The van der Waals surface area contributed by atoms with Gasteiger partial charge < -0.3 is 26.0 Å². The molecule has 0 aromatic heterocycles. The predicted molar refractivity (Wildman–Crippen MR) is 175 cm³/mol.